The number of thioether (sulfide) groups is 1. The van der Waals surface area contributed by atoms with Crippen LogP contribution in [-0.4, -0.2) is 82.7 Å². The van der Waals surface area contributed by atoms with Crippen molar-refractivity contribution >= 4 is 29.7 Å². The van der Waals surface area contributed by atoms with E-state index in [0.29, 0.717) is 11.5 Å². The zero-order valence-corrected chi connectivity index (χ0v) is 26.0. The molecule has 1 atom stereocenters. The molecule has 0 bridgehead atoms. The van der Waals surface area contributed by atoms with Crippen LogP contribution in [0.1, 0.15) is 41.6 Å². The van der Waals surface area contributed by atoms with Crippen LogP contribution in [0.2, 0.25) is 0 Å². The Kier molecular flexibility index (Phi) is 8.80. The number of hydrogen-bond acceptors (Lipinski definition) is 10. The van der Waals surface area contributed by atoms with E-state index in [1.807, 2.05) is 12.1 Å². The smallest absolute Gasteiger partial charge is 0.227 e. The van der Waals surface area contributed by atoms with Crippen molar-refractivity contribution in [2.75, 3.05) is 62.5 Å². The molecule has 0 saturated carbocycles. The number of aryl methyl sites for hydroxylation is 1. The third-order valence-electron chi connectivity index (χ3n) is 8.02. The van der Waals surface area contributed by atoms with Crippen LogP contribution in [0.4, 0.5) is 11.9 Å². The number of H-pyrrole nitrogens is 1. The number of ether oxygens (including phenoxy) is 2. The zero-order valence-electron chi connectivity index (χ0n) is 25.2. The average Bonchev–Trinajstić information content (AvgIpc) is 3.51. The van der Waals surface area contributed by atoms with E-state index in [0.717, 1.165) is 84.3 Å². The van der Waals surface area contributed by atoms with Crippen LogP contribution >= 0.6 is 11.8 Å². The molecule has 1 unspecified atom stereocenters. The second kappa shape index (κ2) is 13.0. The van der Waals surface area contributed by atoms with E-state index >= 15 is 0 Å². The van der Waals surface area contributed by atoms with Crippen LogP contribution in [0, 0.1) is 6.92 Å². The van der Waals surface area contributed by atoms with Gasteiger partial charge in [0, 0.05) is 50.0 Å². The maximum atomic E-state index is 5.69. The molecule has 0 spiro atoms. The van der Waals surface area contributed by atoms with Crippen molar-refractivity contribution in [3.8, 4) is 11.5 Å². The first kappa shape index (κ1) is 29.0. The molecule has 1 saturated heterocycles. The summed E-state index contributed by atoms with van der Waals surface area (Å²) in [5, 5.41) is 8.58. The van der Waals surface area contributed by atoms with Gasteiger partial charge in [0.1, 0.15) is 0 Å². The van der Waals surface area contributed by atoms with Crippen molar-refractivity contribution in [3.05, 3.63) is 82.8 Å². The van der Waals surface area contributed by atoms with E-state index in [9.17, 15) is 0 Å². The number of piperazine rings is 1. The van der Waals surface area contributed by atoms with Crippen molar-refractivity contribution in [2.24, 2.45) is 0 Å². The molecule has 2 aromatic carbocycles. The molecule has 0 radical (unpaired) electrons. The van der Waals surface area contributed by atoms with Gasteiger partial charge in [0.25, 0.3) is 0 Å². The van der Waals surface area contributed by atoms with Gasteiger partial charge in [-0.25, -0.2) is 15.1 Å². The molecule has 2 aliphatic rings. The minimum absolute atomic E-state index is 0.105. The van der Waals surface area contributed by atoms with Crippen molar-refractivity contribution in [1.82, 2.24) is 30.0 Å². The van der Waals surface area contributed by atoms with Crippen LogP contribution in [0.25, 0.3) is 6.08 Å². The van der Waals surface area contributed by atoms with E-state index in [1.165, 1.54) is 5.56 Å². The van der Waals surface area contributed by atoms with Crippen LogP contribution in [0.15, 0.2) is 65.7 Å². The molecule has 0 aliphatic carbocycles. The molecule has 4 aromatic rings. The summed E-state index contributed by atoms with van der Waals surface area (Å²) in [6.07, 6.45) is 6.85. The SMILES string of the molecule is COc1cc2c(cc1OC)C(c1ccc(C)cc1)N(c1nc(SCCCN3CCN(c4ncccn4)CC3)n[nH]1)C(C)=C2. The number of hydrogen-bond donors (Lipinski definition) is 1. The van der Waals surface area contributed by atoms with Crippen LogP contribution < -0.4 is 19.3 Å². The van der Waals surface area contributed by atoms with Crippen LogP contribution in [-0.2, 0) is 0 Å². The molecule has 10 nitrogen and oxygen atoms in total. The molecule has 1 N–H and O–H groups in total. The normalized spacial score (nSPS) is 17.0. The topological polar surface area (TPSA) is 95.5 Å². The standard InChI is InChI=1S/C32H38N8O2S/c1-22-7-9-24(10-8-22)29-26-21-28(42-4)27(41-3)20-25(26)19-23(2)40(29)31-35-32(37-36-31)43-18-6-13-38-14-16-39(17-15-38)30-33-11-5-12-34-30/h5,7-12,19-21,29H,6,13-18H2,1-4H3,(H,35,36,37). The summed E-state index contributed by atoms with van der Waals surface area (Å²) >= 11 is 1.69. The highest BCUT2D eigenvalue weighted by molar-refractivity contribution is 7.99. The molecule has 4 heterocycles. The van der Waals surface area contributed by atoms with Gasteiger partial charge in [-0.15, -0.1) is 5.10 Å². The Balaban J connectivity index is 1.13. The second-order valence-corrected chi connectivity index (χ2v) is 11.9. The Morgan fingerprint density at radius 2 is 1.67 bits per heavy atom. The van der Waals surface area contributed by atoms with E-state index in [-0.39, 0.29) is 6.04 Å². The summed E-state index contributed by atoms with van der Waals surface area (Å²) in [6.45, 7) is 9.22. The Bertz CT molecular complexity index is 1550. The predicted octanol–water partition coefficient (Wildman–Crippen LogP) is 5.20. The fourth-order valence-corrected chi connectivity index (χ4v) is 6.48. The first-order valence-corrected chi connectivity index (χ1v) is 15.6. The zero-order chi connectivity index (χ0) is 29.8. The number of aromatic amines is 1. The molecule has 43 heavy (non-hydrogen) atoms. The molecule has 0 amide bonds. The molecule has 2 aliphatic heterocycles. The number of nitrogens with one attached hydrogen (secondary N) is 1. The van der Waals surface area contributed by atoms with E-state index in [2.05, 4.69) is 85.1 Å². The lowest BCUT2D eigenvalue weighted by Crippen LogP contribution is -2.47. The Labute approximate surface area is 257 Å². The average molecular weight is 599 g/mol. The summed E-state index contributed by atoms with van der Waals surface area (Å²) in [5.74, 6) is 3.92. The van der Waals surface area contributed by atoms with Crippen molar-refractivity contribution < 1.29 is 9.47 Å². The molecule has 11 heteroatoms. The van der Waals surface area contributed by atoms with Gasteiger partial charge < -0.3 is 19.3 Å². The first-order chi connectivity index (χ1) is 21.0. The number of fused-ring (bicyclic) bond motifs is 1. The number of benzene rings is 2. The third-order valence-corrected chi connectivity index (χ3v) is 8.95. The van der Waals surface area contributed by atoms with Gasteiger partial charge in [0.2, 0.25) is 17.1 Å². The number of methoxy groups -OCH3 is 2. The maximum Gasteiger partial charge on any atom is 0.227 e. The lowest BCUT2D eigenvalue weighted by atomic mass is 9.88. The summed E-state index contributed by atoms with van der Waals surface area (Å²) in [4.78, 5) is 20.7. The molecule has 2 aromatic heterocycles. The largest absolute Gasteiger partial charge is 0.493 e. The van der Waals surface area contributed by atoms with Crippen molar-refractivity contribution in [3.63, 3.8) is 0 Å². The second-order valence-electron chi connectivity index (χ2n) is 10.8. The van der Waals surface area contributed by atoms with Crippen LogP contribution in [0.3, 0.4) is 0 Å². The van der Waals surface area contributed by atoms with Crippen molar-refractivity contribution in [2.45, 2.75) is 31.5 Å². The van der Waals surface area contributed by atoms with Gasteiger partial charge in [0.05, 0.1) is 20.3 Å². The lowest BCUT2D eigenvalue weighted by Gasteiger charge is -2.37. The van der Waals surface area contributed by atoms with Crippen molar-refractivity contribution in [1.29, 1.82) is 0 Å². The van der Waals surface area contributed by atoms with Gasteiger partial charge in [-0.05, 0) is 67.8 Å². The highest BCUT2D eigenvalue weighted by Gasteiger charge is 2.33. The van der Waals surface area contributed by atoms with Gasteiger partial charge in [-0.1, -0.05) is 41.6 Å². The summed E-state index contributed by atoms with van der Waals surface area (Å²) < 4.78 is 11.3. The highest BCUT2D eigenvalue weighted by atomic mass is 32.2. The number of allylic oxidation sites excluding steroid dienone is 1. The van der Waals surface area contributed by atoms with Gasteiger partial charge in [-0.3, -0.25) is 4.90 Å². The maximum absolute atomic E-state index is 5.69. The minimum atomic E-state index is -0.105. The minimum Gasteiger partial charge on any atom is -0.493 e. The van der Waals surface area contributed by atoms with E-state index < -0.39 is 0 Å². The number of anilines is 2. The summed E-state index contributed by atoms with van der Waals surface area (Å²) in [7, 11) is 3.34. The number of rotatable bonds is 10. The van der Waals surface area contributed by atoms with Gasteiger partial charge in [0.15, 0.2) is 11.5 Å². The quantitative estimate of drug-likeness (QED) is 0.194. The molecule has 224 valence electrons. The third kappa shape index (κ3) is 6.33. The predicted molar refractivity (Wildman–Crippen MR) is 171 cm³/mol. The van der Waals surface area contributed by atoms with Gasteiger partial charge in [-0.2, -0.15) is 4.98 Å². The van der Waals surface area contributed by atoms with E-state index in [4.69, 9.17) is 14.5 Å². The Morgan fingerprint density at radius 3 is 2.40 bits per heavy atom. The Hall–Kier alpha value is -4.09. The van der Waals surface area contributed by atoms with E-state index in [1.54, 1.807) is 38.4 Å². The summed E-state index contributed by atoms with van der Waals surface area (Å²) in [6, 6.07) is 14.6. The monoisotopic (exact) mass is 598 g/mol. The molecular formula is C32H38N8O2S. The Morgan fingerprint density at radius 1 is 0.953 bits per heavy atom. The fourth-order valence-electron chi connectivity index (χ4n) is 5.76. The van der Waals surface area contributed by atoms with Crippen LogP contribution in [0.5, 0.6) is 11.5 Å². The molecular weight excluding hydrogens is 560 g/mol. The molecule has 1 fully saturated rings. The highest BCUT2D eigenvalue weighted by Crippen LogP contribution is 2.44. The number of nitrogens with zero attached hydrogens (tertiary/aromatic N) is 7. The van der Waals surface area contributed by atoms with Gasteiger partial charge >= 0.3 is 0 Å². The number of aromatic nitrogens is 5. The molecule has 6 rings (SSSR count). The first-order valence-electron chi connectivity index (χ1n) is 14.6. The summed E-state index contributed by atoms with van der Waals surface area (Å²) in [5.41, 5.74) is 5.67. The fraction of sp³-hybridized carbons (Fsp3) is 0.375. The lowest BCUT2D eigenvalue weighted by molar-refractivity contribution is 0.258.